The molecule has 2 saturated heterocycles. The molecule has 5 atom stereocenters. The lowest BCUT2D eigenvalue weighted by molar-refractivity contribution is -0.331. The van der Waals surface area contributed by atoms with E-state index in [1.165, 1.54) is 13.8 Å². The Morgan fingerprint density at radius 2 is 1.26 bits per heavy atom. The van der Waals surface area contributed by atoms with Gasteiger partial charge in [-0.05, 0) is 40.0 Å². The summed E-state index contributed by atoms with van der Waals surface area (Å²) in [6.07, 6.45) is -43.4. The van der Waals surface area contributed by atoms with Crippen LogP contribution in [0.1, 0.15) is 54.4 Å². The molecule has 0 N–H and O–H groups in total. The van der Waals surface area contributed by atoms with E-state index in [0.717, 1.165) is 6.92 Å². The molecule has 0 saturated carbocycles. The third-order valence-electron chi connectivity index (χ3n) is 7.14. The van der Waals surface area contributed by atoms with Crippen LogP contribution in [-0.4, -0.2) is 97.8 Å². The first-order valence-corrected chi connectivity index (χ1v) is 14.3. The summed E-state index contributed by atoms with van der Waals surface area (Å²) in [7, 11) is 0. The van der Waals surface area contributed by atoms with Crippen LogP contribution < -0.4 is 0 Å². The van der Waals surface area contributed by atoms with Crippen molar-refractivity contribution in [2.75, 3.05) is 6.79 Å². The molecule has 2 fully saturated rings. The van der Waals surface area contributed by atoms with Crippen LogP contribution >= 0.6 is 0 Å². The molecule has 11 nitrogen and oxygen atoms in total. The number of ether oxygens (including phenoxy) is 7. The molecule has 0 radical (unpaired) electrons. The maximum Gasteiger partial charge on any atom is 0.434 e. The largest absolute Gasteiger partial charge is 0.454 e. The fourth-order valence-corrected chi connectivity index (χ4v) is 5.12. The van der Waals surface area contributed by atoms with E-state index in [2.05, 4.69) is 9.47 Å². The number of carbonyl (C=O) groups excluding carboxylic acids is 4. The van der Waals surface area contributed by atoms with Gasteiger partial charge in [-0.1, -0.05) is 13.8 Å². The van der Waals surface area contributed by atoms with Gasteiger partial charge in [-0.3, -0.25) is 14.4 Å². The summed E-state index contributed by atoms with van der Waals surface area (Å²) in [6, 6.07) is 0. The van der Waals surface area contributed by atoms with E-state index in [1.54, 1.807) is 13.8 Å². The number of fused-ring (bicyclic) bond motifs is 1. The van der Waals surface area contributed by atoms with Crippen molar-refractivity contribution in [1.82, 2.24) is 0 Å². The van der Waals surface area contributed by atoms with Crippen LogP contribution in [0.4, 0.5) is 52.7 Å². The fourth-order valence-electron chi connectivity index (χ4n) is 5.12. The molecule has 0 spiro atoms. The van der Waals surface area contributed by atoms with E-state index in [1.807, 2.05) is 0 Å². The fraction of sp³-hybridized carbons (Fsp3) is 0.852. The summed E-state index contributed by atoms with van der Waals surface area (Å²) >= 11 is 0. The van der Waals surface area contributed by atoms with Crippen LogP contribution in [0.2, 0.25) is 0 Å². The average molecular weight is 761 g/mol. The Morgan fingerprint density at radius 3 is 1.66 bits per heavy atom. The molecule has 0 amide bonds. The van der Waals surface area contributed by atoms with E-state index in [0.29, 0.717) is 13.3 Å². The maximum atomic E-state index is 13.1. The molecule has 2 aliphatic heterocycles. The SMILES string of the molecule is CC(C)CC(C)(C)C(=O)OC1C(=O)OC2C(C)OC(C)(CC(C(=O)OC(C(F)(F)F)C(F)(F)F)C(=O)OC(C(F)(F)F)C(F)(F)F)OCOC12. The van der Waals surface area contributed by atoms with Gasteiger partial charge in [0.2, 0.25) is 6.10 Å². The molecular formula is C27H32F12O11. The van der Waals surface area contributed by atoms with E-state index in [4.69, 9.17) is 23.7 Å². The predicted molar refractivity (Wildman–Crippen MR) is 135 cm³/mol. The van der Waals surface area contributed by atoms with Crippen molar-refractivity contribution in [3.63, 3.8) is 0 Å². The summed E-state index contributed by atoms with van der Waals surface area (Å²) in [6.45, 7) is 7.32. The van der Waals surface area contributed by atoms with Gasteiger partial charge in [0.25, 0.3) is 12.2 Å². The smallest absolute Gasteiger partial charge is 0.434 e. The Morgan fingerprint density at radius 1 is 0.820 bits per heavy atom. The summed E-state index contributed by atoms with van der Waals surface area (Å²) in [5, 5.41) is 0. The zero-order valence-electron chi connectivity index (χ0n) is 26.8. The molecule has 23 heteroatoms. The van der Waals surface area contributed by atoms with Crippen LogP contribution in [0.3, 0.4) is 0 Å². The number of carbonyl (C=O) groups is 4. The zero-order chi connectivity index (χ0) is 39.0. The van der Waals surface area contributed by atoms with Crippen molar-refractivity contribution < 1.29 is 105 Å². The van der Waals surface area contributed by atoms with E-state index < -0.39 is 116 Å². The van der Waals surface area contributed by atoms with Gasteiger partial charge in [0.05, 0.1) is 11.5 Å². The predicted octanol–water partition coefficient (Wildman–Crippen LogP) is 5.47. The van der Waals surface area contributed by atoms with E-state index in [9.17, 15) is 71.9 Å². The van der Waals surface area contributed by atoms with Gasteiger partial charge < -0.3 is 33.2 Å². The Hall–Kier alpha value is -3.08. The average Bonchev–Trinajstić information content (AvgIpc) is 3.19. The number of hydrogen-bond acceptors (Lipinski definition) is 11. The molecule has 2 heterocycles. The van der Waals surface area contributed by atoms with Crippen molar-refractivity contribution in [2.45, 2.75) is 122 Å². The molecule has 0 bridgehead atoms. The van der Waals surface area contributed by atoms with Crippen molar-refractivity contribution in [2.24, 2.45) is 17.3 Å². The number of esters is 4. The highest BCUT2D eigenvalue weighted by molar-refractivity contribution is 5.95. The molecule has 0 aromatic heterocycles. The minimum atomic E-state index is -6.42. The minimum absolute atomic E-state index is 0.0111. The van der Waals surface area contributed by atoms with Gasteiger partial charge in [0.1, 0.15) is 6.10 Å². The maximum absolute atomic E-state index is 13.1. The van der Waals surface area contributed by atoms with Crippen molar-refractivity contribution >= 4 is 23.9 Å². The van der Waals surface area contributed by atoms with Crippen LogP contribution in [-0.2, 0) is 52.3 Å². The highest BCUT2D eigenvalue weighted by Crippen LogP contribution is 2.41. The lowest BCUT2D eigenvalue weighted by Gasteiger charge is -2.39. The third kappa shape index (κ3) is 11.0. The van der Waals surface area contributed by atoms with Crippen molar-refractivity contribution in [1.29, 1.82) is 0 Å². The summed E-state index contributed by atoms with van der Waals surface area (Å²) in [4.78, 5) is 50.7. The van der Waals surface area contributed by atoms with Crippen LogP contribution in [0, 0.1) is 17.3 Å². The summed E-state index contributed by atoms with van der Waals surface area (Å²) in [5.74, 6) is -14.0. The van der Waals surface area contributed by atoms with Gasteiger partial charge in [-0.25, -0.2) is 4.79 Å². The second kappa shape index (κ2) is 14.9. The second-order valence-electron chi connectivity index (χ2n) is 12.6. The van der Waals surface area contributed by atoms with Gasteiger partial charge in [0, 0.05) is 6.42 Å². The lowest BCUT2D eigenvalue weighted by Crippen LogP contribution is -2.53. The molecule has 290 valence electrons. The summed E-state index contributed by atoms with van der Waals surface area (Å²) in [5.41, 5.74) is -1.11. The molecule has 2 aliphatic rings. The first-order chi connectivity index (χ1) is 22.3. The van der Waals surface area contributed by atoms with Crippen LogP contribution in [0.15, 0.2) is 0 Å². The quantitative estimate of drug-likeness (QED) is 0.122. The zero-order valence-corrected chi connectivity index (χ0v) is 26.8. The Balaban J connectivity index is 2.43. The Labute approximate surface area is 275 Å². The van der Waals surface area contributed by atoms with E-state index >= 15 is 0 Å². The minimum Gasteiger partial charge on any atom is -0.454 e. The van der Waals surface area contributed by atoms with Gasteiger partial charge >= 0.3 is 48.6 Å². The standard InChI is InChI=1S/C27H32F12O11/c1-10(2)7-22(4,5)21(43)47-15-14-13(46-18(15)42)11(3)50-23(6,45-9-44-14)8-12(16(40)48-19(24(28,29)30)25(31,32)33)17(41)49-20(26(34,35)36)27(37,38)39/h10-15,19-20H,7-9H2,1-6H3. The number of hydrogen-bond donors (Lipinski definition) is 0. The van der Waals surface area contributed by atoms with Crippen LogP contribution in [0.25, 0.3) is 0 Å². The number of halogens is 12. The first-order valence-electron chi connectivity index (χ1n) is 14.3. The highest BCUT2D eigenvalue weighted by atomic mass is 19.4. The Bertz CT molecular complexity index is 1170. The van der Waals surface area contributed by atoms with Crippen molar-refractivity contribution in [3.05, 3.63) is 0 Å². The van der Waals surface area contributed by atoms with Crippen molar-refractivity contribution in [3.8, 4) is 0 Å². The molecule has 0 aromatic rings. The normalized spacial score (nSPS) is 25.7. The monoisotopic (exact) mass is 760 g/mol. The lowest BCUT2D eigenvalue weighted by atomic mass is 9.84. The molecule has 50 heavy (non-hydrogen) atoms. The Kier molecular flexibility index (Phi) is 12.8. The molecule has 0 aromatic carbocycles. The summed E-state index contributed by atoms with van der Waals surface area (Å²) < 4.78 is 190. The molecule has 2 rings (SSSR count). The molecule has 0 aliphatic carbocycles. The van der Waals surface area contributed by atoms with Crippen LogP contribution in [0.5, 0.6) is 0 Å². The molecule has 5 unspecified atom stereocenters. The van der Waals surface area contributed by atoms with Gasteiger partial charge in [-0.2, -0.15) is 52.7 Å². The number of alkyl halides is 12. The second-order valence-corrected chi connectivity index (χ2v) is 12.6. The number of rotatable bonds is 10. The first kappa shape index (κ1) is 43.1. The van der Waals surface area contributed by atoms with E-state index in [-0.39, 0.29) is 5.92 Å². The van der Waals surface area contributed by atoms with Gasteiger partial charge in [-0.15, -0.1) is 0 Å². The van der Waals surface area contributed by atoms with Gasteiger partial charge in [0.15, 0.2) is 24.6 Å². The molecular weight excluding hydrogens is 728 g/mol. The topological polar surface area (TPSA) is 133 Å². The highest BCUT2D eigenvalue weighted by Gasteiger charge is 2.63. The third-order valence-corrected chi connectivity index (χ3v) is 7.14.